The second kappa shape index (κ2) is 9.83. The smallest absolute Gasteiger partial charge is 0.390 e. The van der Waals surface area contributed by atoms with Crippen LogP contribution in [-0.2, 0) is 0 Å². The molecule has 0 bridgehead atoms. The molecule has 0 unspecified atom stereocenters. The van der Waals surface area contributed by atoms with Crippen LogP contribution in [0.3, 0.4) is 0 Å². The lowest BCUT2D eigenvalue weighted by Gasteiger charge is -2.13. The van der Waals surface area contributed by atoms with Crippen molar-refractivity contribution in [3.05, 3.63) is 70.9 Å². The normalized spacial score (nSPS) is 11.5. The molecular formula is C24H21ClF3N5O2. The number of carbonyl (C=O) groups is 1. The van der Waals surface area contributed by atoms with Gasteiger partial charge in [0, 0.05) is 35.8 Å². The number of hydrogen-bond acceptors (Lipinski definition) is 5. The van der Waals surface area contributed by atoms with Crippen LogP contribution in [-0.4, -0.2) is 40.3 Å². The van der Waals surface area contributed by atoms with Crippen molar-refractivity contribution in [2.45, 2.75) is 19.5 Å². The predicted molar refractivity (Wildman–Crippen MR) is 127 cm³/mol. The summed E-state index contributed by atoms with van der Waals surface area (Å²) < 4.78 is 45.5. The number of ether oxygens (including phenoxy) is 1. The average molecular weight is 504 g/mol. The van der Waals surface area contributed by atoms with Gasteiger partial charge in [-0.25, -0.2) is 9.50 Å². The maximum Gasteiger partial charge on any atom is 0.390 e. The number of aryl methyl sites for hydroxylation is 1. The third-order valence-corrected chi connectivity index (χ3v) is 5.45. The van der Waals surface area contributed by atoms with Crippen molar-refractivity contribution in [2.24, 2.45) is 0 Å². The molecule has 2 N–H and O–H groups in total. The van der Waals surface area contributed by atoms with Crippen LogP contribution in [0.5, 0.6) is 11.6 Å². The Morgan fingerprint density at radius 3 is 2.54 bits per heavy atom. The van der Waals surface area contributed by atoms with Gasteiger partial charge in [0.15, 0.2) is 5.65 Å². The second-order valence-corrected chi connectivity index (χ2v) is 8.17. The topological polar surface area (TPSA) is 80.5 Å². The summed E-state index contributed by atoms with van der Waals surface area (Å²) in [5, 5.41) is 10.4. The van der Waals surface area contributed by atoms with Crippen molar-refractivity contribution in [1.29, 1.82) is 0 Å². The molecule has 1 amide bonds. The highest BCUT2D eigenvalue weighted by molar-refractivity contribution is 6.30. The summed E-state index contributed by atoms with van der Waals surface area (Å²) in [6.45, 7) is 1.47. The van der Waals surface area contributed by atoms with E-state index in [1.807, 2.05) is 13.0 Å². The lowest BCUT2D eigenvalue weighted by Crippen LogP contribution is -2.18. The van der Waals surface area contributed by atoms with Gasteiger partial charge in [0.1, 0.15) is 5.75 Å². The van der Waals surface area contributed by atoms with Crippen molar-refractivity contribution in [2.75, 3.05) is 18.9 Å². The highest BCUT2D eigenvalue weighted by Crippen LogP contribution is 2.30. The Morgan fingerprint density at radius 1 is 1.14 bits per heavy atom. The molecule has 0 saturated carbocycles. The summed E-state index contributed by atoms with van der Waals surface area (Å²) in [5.74, 6) is 0.391. The molecule has 4 aromatic rings. The molecule has 4 rings (SSSR count). The Labute approximate surface area is 203 Å². The second-order valence-electron chi connectivity index (χ2n) is 7.73. The minimum absolute atomic E-state index is 0.146. The molecule has 35 heavy (non-hydrogen) atoms. The van der Waals surface area contributed by atoms with Crippen LogP contribution in [0, 0.1) is 6.92 Å². The van der Waals surface area contributed by atoms with Crippen molar-refractivity contribution >= 4 is 28.8 Å². The van der Waals surface area contributed by atoms with Gasteiger partial charge in [0.05, 0.1) is 24.0 Å². The van der Waals surface area contributed by atoms with Crippen LogP contribution in [0.1, 0.15) is 22.3 Å². The molecule has 0 aliphatic heterocycles. The SMILES string of the molecule is CNC(=O)c1ccc(-c2cnc3c(NCCC(F)(F)F)cc(Oc4ccc(Cl)cc4)nn23)cc1C. The quantitative estimate of drug-likeness (QED) is 0.329. The molecule has 7 nitrogen and oxygen atoms in total. The van der Waals surface area contributed by atoms with E-state index < -0.39 is 12.6 Å². The van der Waals surface area contributed by atoms with Gasteiger partial charge in [-0.2, -0.15) is 13.2 Å². The molecule has 0 saturated heterocycles. The average Bonchev–Trinajstić information content (AvgIpc) is 3.23. The number of hydrogen-bond donors (Lipinski definition) is 2. The number of benzene rings is 2. The lowest BCUT2D eigenvalue weighted by atomic mass is 10.0. The highest BCUT2D eigenvalue weighted by Gasteiger charge is 2.26. The number of nitrogens with one attached hydrogen (secondary N) is 2. The van der Waals surface area contributed by atoms with Crippen LogP contribution in [0.2, 0.25) is 5.02 Å². The fourth-order valence-electron chi connectivity index (χ4n) is 3.50. The van der Waals surface area contributed by atoms with Crippen molar-refractivity contribution in [1.82, 2.24) is 19.9 Å². The fraction of sp³-hybridized carbons (Fsp3) is 0.208. The van der Waals surface area contributed by atoms with Gasteiger partial charge in [-0.3, -0.25) is 4.79 Å². The first kappa shape index (κ1) is 24.3. The summed E-state index contributed by atoms with van der Waals surface area (Å²) in [5.41, 5.74) is 3.23. The van der Waals surface area contributed by atoms with Gasteiger partial charge in [-0.05, 0) is 48.9 Å². The number of carbonyl (C=O) groups excluding carboxylic acids is 1. The summed E-state index contributed by atoms with van der Waals surface area (Å²) in [6, 6.07) is 13.4. The molecule has 0 spiro atoms. The first-order chi connectivity index (χ1) is 16.6. The molecule has 11 heteroatoms. The number of nitrogens with zero attached hydrogens (tertiary/aromatic N) is 3. The minimum atomic E-state index is -4.30. The van der Waals surface area contributed by atoms with E-state index in [4.69, 9.17) is 16.3 Å². The number of imidazole rings is 1. The maximum absolute atomic E-state index is 12.7. The molecule has 2 aromatic carbocycles. The number of amides is 1. The standard InChI is InChI=1S/C24H21ClF3N5O2/c1-14-11-15(3-8-18(14)23(34)29-2)20-13-31-22-19(30-10-9-24(26,27)28)12-21(32-33(20)22)35-17-6-4-16(25)5-7-17/h3-8,11-13,30H,9-10H2,1-2H3,(H,29,34). The third kappa shape index (κ3) is 5.65. The summed E-state index contributed by atoms with van der Waals surface area (Å²) in [6.07, 6.45) is -3.75. The van der Waals surface area contributed by atoms with Gasteiger partial charge in [0.25, 0.3) is 5.91 Å². The molecule has 0 aliphatic rings. The number of anilines is 1. The van der Waals surface area contributed by atoms with Crippen LogP contribution in [0.15, 0.2) is 54.7 Å². The maximum atomic E-state index is 12.7. The van der Waals surface area contributed by atoms with Gasteiger partial charge in [0.2, 0.25) is 5.88 Å². The number of rotatable bonds is 7. The lowest BCUT2D eigenvalue weighted by molar-refractivity contribution is -0.131. The van der Waals surface area contributed by atoms with Crippen molar-refractivity contribution in [3.8, 4) is 22.9 Å². The molecule has 0 atom stereocenters. The zero-order valence-corrected chi connectivity index (χ0v) is 19.5. The third-order valence-electron chi connectivity index (χ3n) is 5.20. The zero-order valence-electron chi connectivity index (χ0n) is 18.8. The van der Waals surface area contributed by atoms with E-state index in [1.165, 1.54) is 10.6 Å². The Kier molecular flexibility index (Phi) is 6.83. The first-order valence-corrected chi connectivity index (χ1v) is 11.0. The predicted octanol–water partition coefficient (Wildman–Crippen LogP) is 5.87. The number of fused-ring (bicyclic) bond motifs is 1. The van der Waals surface area contributed by atoms with Gasteiger partial charge in [-0.15, -0.1) is 5.10 Å². The zero-order chi connectivity index (χ0) is 25.2. The Bertz CT molecular complexity index is 1370. The van der Waals surface area contributed by atoms with Crippen molar-refractivity contribution in [3.63, 3.8) is 0 Å². The summed E-state index contributed by atoms with van der Waals surface area (Å²) >= 11 is 5.93. The number of alkyl halides is 3. The Balaban J connectivity index is 1.76. The van der Waals surface area contributed by atoms with Gasteiger partial charge in [-0.1, -0.05) is 17.7 Å². The van der Waals surface area contributed by atoms with E-state index in [2.05, 4.69) is 20.7 Å². The summed E-state index contributed by atoms with van der Waals surface area (Å²) in [4.78, 5) is 16.4. The van der Waals surface area contributed by atoms with Crippen LogP contribution >= 0.6 is 11.6 Å². The van der Waals surface area contributed by atoms with Crippen LogP contribution in [0.25, 0.3) is 16.9 Å². The van der Waals surface area contributed by atoms with Crippen LogP contribution < -0.4 is 15.4 Å². The monoisotopic (exact) mass is 503 g/mol. The fourth-order valence-corrected chi connectivity index (χ4v) is 3.62. The van der Waals surface area contributed by atoms with Crippen molar-refractivity contribution < 1.29 is 22.7 Å². The molecule has 182 valence electrons. The van der Waals surface area contributed by atoms with E-state index in [0.717, 1.165) is 11.1 Å². The largest absolute Gasteiger partial charge is 0.438 e. The number of aromatic nitrogens is 3. The molecule has 2 heterocycles. The van der Waals surface area contributed by atoms with Gasteiger partial charge < -0.3 is 15.4 Å². The summed E-state index contributed by atoms with van der Waals surface area (Å²) in [7, 11) is 1.56. The molecule has 0 radical (unpaired) electrons. The molecular weight excluding hydrogens is 483 g/mol. The Hall–Kier alpha value is -3.79. The van der Waals surface area contributed by atoms with Gasteiger partial charge >= 0.3 is 6.18 Å². The van der Waals surface area contributed by atoms with E-state index >= 15 is 0 Å². The van der Waals surface area contributed by atoms with E-state index in [0.29, 0.717) is 33.4 Å². The molecule has 2 aromatic heterocycles. The minimum Gasteiger partial charge on any atom is -0.438 e. The van der Waals surface area contributed by atoms with Crippen LogP contribution in [0.4, 0.5) is 18.9 Å². The first-order valence-electron chi connectivity index (χ1n) is 10.6. The Morgan fingerprint density at radius 2 is 1.89 bits per heavy atom. The number of halogens is 4. The van der Waals surface area contributed by atoms with E-state index in [9.17, 15) is 18.0 Å². The van der Waals surface area contributed by atoms with E-state index in [-0.39, 0.29) is 18.3 Å². The molecule has 0 aliphatic carbocycles. The molecule has 0 fully saturated rings. The van der Waals surface area contributed by atoms with E-state index in [1.54, 1.807) is 49.6 Å². The highest BCUT2D eigenvalue weighted by atomic mass is 35.5.